The Hall–Kier alpha value is -0.860. The summed E-state index contributed by atoms with van der Waals surface area (Å²) in [4.78, 5) is 10.7. The van der Waals surface area contributed by atoms with Crippen molar-refractivity contribution < 1.29 is 9.48 Å². The van der Waals surface area contributed by atoms with Crippen molar-refractivity contribution in [2.45, 2.75) is 26.3 Å². The molecule has 0 aromatic rings. The zero-order valence-electron chi connectivity index (χ0n) is 6.64. The van der Waals surface area contributed by atoms with Crippen molar-refractivity contribution in [2.24, 2.45) is 0 Å². The lowest BCUT2D eigenvalue weighted by molar-refractivity contribution is -0.638. The van der Waals surface area contributed by atoms with E-state index in [1.165, 1.54) is 0 Å². The number of nitrogens with zero attached hydrogens (tertiary/aromatic N) is 1. The van der Waals surface area contributed by atoms with Gasteiger partial charge in [-0.25, -0.2) is 0 Å². The molecule has 0 saturated carbocycles. The number of carbonyl (C=O) groups is 1. The Morgan fingerprint density at radius 1 is 1.60 bits per heavy atom. The minimum absolute atomic E-state index is 0.00611. The first kappa shape index (κ1) is 7.25. The van der Waals surface area contributed by atoms with Crippen molar-refractivity contribution in [2.75, 3.05) is 6.54 Å². The molecule has 3 nitrogen and oxygen atoms in total. The molecule has 1 aliphatic rings. The van der Waals surface area contributed by atoms with Crippen molar-refractivity contribution in [1.29, 1.82) is 0 Å². The first-order valence-electron chi connectivity index (χ1n) is 3.41. The predicted octanol–water partition coefficient (Wildman–Crippen LogP) is -0.0445. The van der Waals surface area contributed by atoms with E-state index in [2.05, 4.69) is 26.2 Å². The van der Waals surface area contributed by atoms with Gasteiger partial charge in [0, 0.05) is 20.8 Å². The number of hydrazine groups is 1. The molecule has 0 aliphatic carbocycles. The van der Waals surface area contributed by atoms with E-state index in [0.29, 0.717) is 6.54 Å². The number of hydrogen-bond acceptors (Lipinski definition) is 2. The Morgan fingerprint density at radius 3 is 2.40 bits per heavy atom. The molecule has 10 heavy (non-hydrogen) atoms. The molecule has 0 fully saturated rings. The first-order valence-corrected chi connectivity index (χ1v) is 3.41. The quantitative estimate of drug-likeness (QED) is 0.480. The van der Waals surface area contributed by atoms with E-state index in [9.17, 15) is 4.79 Å². The molecule has 0 aromatic carbocycles. The fraction of sp³-hybridized carbons (Fsp3) is 0.714. The van der Waals surface area contributed by atoms with Gasteiger partial charge < -0.3 is 0 Å². The summed E-state index contributed by atoms with van der Waals surface area (Å²) in [6.07, 6.45) is 1.61. The highest BCUT2D eigenvalue weighted by molar-refractivity contribution is 6.27. The van der Waals surface area contributed by atoms with Crippen LogP contribution in [0.2, 0.25) is 0 Å². The fourth-order valence-corrected chi connectivity index (χ4v) is 0.829. The highest BCUT2D eigenvalue weighted by Gasteiger charge is 2.30. The normalized spacial score (nSPS) is 18.7. The third kappa shape index (κ3) is 1.35. The zero-order chi connectivity index (χ0) is 7.78. The van der Waals surface area contributed by atoms with Crippen molar-refractivity contribution in [1.82, 2.24) is 5.43 Å². The standard InChI is InChI=1S/C7H12N2O/c1-7(2,3)9-5-6(10)4-8-9/h5H,4H2,1-3H3/p+1. The second-order valence-electron chi connectivity index (χ2n) is 3.47. The maximum atomic E-state index is 10.7. The van der Waals surface area contributed by atoms with Gasteiger partial charge in [0.15, 0.2) is 5.54 Å². The molecule has 0 aromatic heterocycles. The first-order chi connectivity index (χ1) is 4.50. The number of hydrazone groups is 1. The SMILES string of the molecule is CC(C)(C)[N+]1=CC(=O)CN1. The van der Waals surface area contributed by atoms with Gasteiger partial charge in [0.1, 0.15) is 6.54 Å². The third-order valence-corrected chi connectivity index (χ3v) is 1.42. The molecular weight excluding hydrogens is 128 g/mol. The summed E-state index contributed by atoms with van der Waals surface area (Å²) in [5.74, 6) is 0.148. The Kier molecular flexibility index (Phi) is 1.50. The van der Waals surface area contributed by atoms with Gasteiger partial charge in [0.2, 0.25) is 12.0 Å². The average molecular weight is 141 g/mol. The van der Waals surface area contributed by atoms with Crippen LogP contribution < -0.4 is 5.43 Å². The molecule has 0 atom stereocenters. The second-order valence-corrected chi connectivity index (χ2v) is 3.47. The van der Waals surface area contributed by atoms with Gasteiger partial charge in [0.05, 0.1) is 0 Å². The van der Waals surface area contributed by atoms with Gasteiger partial charge in [-0.2, -0.15) is 5.43 Å². The lowest BCUT2D eigenvalue weighted by Gasteiger charge is -2.12. The van der Waals surface area contributed by atoms with Crippen LogP contribution in [0.1, 0.15) is 20.8 Å². The van der Waals surface area contributed by atoms with Crippen LogP contribution in [0.25, 0.3) is 0 Å². The molecule has 56 valence electrons. The Bertz CT molecular complexity index is 188. The van der Waals surface area contributed by atoms with Gasteiger partial charge in [-0.1, -0.05) is 0 Å². The molecule has 3 heteroatoms. The minimum Gasteiger partial charge on any atom is -0.286 e. The molecule has 0 spiro atoms. The Balaban J connectivity index is 2.76. The smallest absolute Gasteiger partial charge is 0.245 e. The van der Waals surface area contributed by atoms with Crippen molar-refractivity contribution >= 4 is 12.0 Å². The lowest BCUT2D eigenvalue weighted by atomic mass is 10.1. The van der Waals surface area contributed by atoms with Crippen LogP contribution in [0.3, 0.4) is 0 Å². The van der Waals surface area contributed by atoms with E-state index >= 15 is 0 Å². The monoisotopic (exact) mass is 141 g/mol. The highest BCUT2D eigenvalue weighted by atomic mass is 16.1. The summed E-state index contributed by atoms with van der Waals surface area (Å²) >= 11 is 0. The molecule has 1 rings (SSSR count). The molecule has 0 amide bonds. The molecule has 0 radical (unpaired) electrons. The van der Waals surface area contributed by atoms with Crippen LogP contribution in [0.15, 0.2) is 0 Å². The van der Waals surface area contributed by atoms with E-state index < -0.39 is 0 Å². The van der Waals surface area contributed by atoms with Crippen molar-refractivity contribution in [3.8, 4) is 0 Å². The number of ketones is 1. The van der Waals surface area contributed by atoms with E-state index in [1.807, 2.05) is 4.68 Å². The number of Topliss-reactive ketones (excluding diaryl/α,β-unsaturated/α-hetero) is 1. The van der Waals surface area contributed by atoms with Gasteiger partial charge >= 0.3 is 0 Å². The summed E-state index contributed by atoms with van der Waals surface area (Å²) in [7, 11) is 0. The molecule has 0 saturated heterocycles. The molecule has 1 N–H and O–H groups in total. The fourth-order valence-electron chi connectivity index (χ4n) is 0.829. The van der Waals surface area contributed by atoms with Crippen LogP contribution in [-0.2, 0) is 4.79 Å². The number of nitrogens with one attached hydrogen (secondary N) is 1. The predicted molar refractivity (Wildman–Crippen MR) is 39.1 cm³/mol. The van der Waals surface area contributed by atoms with Crippen LogP contribution in [0.4, 0.5) is 0 Å². The van der Waals surface area contributed by atoms with E-state index in [-0.39, 0.29) is 11.3 Å². The third-order valence-electron chi connectivity index (χ3n) is 1.42. The largest absolute Gasteiger partial charge is 0.286 e. The van der Waals surface area contributed by atoms with Crippen molar-refractivity contribution in [3.05, 3.63) is 0 Å². The van der Waals surface area contributed by atoms with Crippen LogP contribution in [-0.4, -0.2) is 28.8 Å². The van der Waals surface area contributed by atoms with Crippen LogP contribution in [0.5, 0.6) is 0 Å². The van der Waals surface area contributed by atoms with Crippen LogP contribution >= 0.6 is 0 Å². The number of carbonyl (C=O) groups excluding carboxylic acids is 1. The summed E-state index contributed by atoms with van der Waals surface area (Å²) in [5.41, 5.74) is 2.98. The van der Waals surface area contributed by atoms with E-state index in [0.717, 1.165) is 0 Å². The number of hydrogen-bond donors (Lipinski definition) is 1. The molecule has 0 bridgehead atoms. The molecule has 0 unspecified atom stereocenters. The number of rotatable bonds is 0. The van der Waals surface area contributed by atoms with Gasteiger partial charge in [-0.15, -0.1) is 4.68 Å². The zero-order valence-corrected chi connectivity index (χ0v) is 6.64. The Morgan fingerprint density at radius 2 is 2.20 bits per heavy atom. The second kappa shape index (κ2) is 2.08. The molecule has 1 heterocycles. The van der Waals surface area contributed by atoms with Crippen molar-refractivity contribution in [3.63, 3.8) is 0 Å². The topological polar surface area (TPSA) is 32.1 Å². The maximum absolute atomic E-state index is 10.7. The average Bonchev–Trinajstić information content (AvgIpc) is 2.11. The lowest BCUT2D eigenvalue weighted by Crippen LogP contribution is -2.39. The van der Waals surface area contributed by atoms with E-state index in [1.54, 1.807) is 6.21 Å². The van der Waals surface area contributed by atoms with E-state index in [4.69, 9.17) is 0 Å². The Labute approximate surface area is 60.7 Å². The van der Waals surface area contributed by atoms with Crippen LogP contribution in [0, 0.1) is 0 Å². The molecule has 1 aliphatic heterocycles. The maximum Gasteiger partial charge on any atom is 0.245 e. The summed E-state index contributed by atoms with van der Waals surface area (Å²) in [6.45, 7) is 6.59. The molecular formula is C7H13N2O+. The minimum atomic E-state index is 0.00611. The van der Waals surface area contributed by atoms with Gasteiger partial charge in [-0.3, -0.25) is 4.79 Å². The van der Waals surface area contributed by atoms with Gasteiger partial charge in [-0.05, 0) is 0 Å². The summed E-state index contributed by atoms with van der Waals surface area (Å²) < 4.78 is 1.84. The summed E-state index contributed by atoms with van der Waals surface area (Å²) in [6, 6.07) is 0. The summed E-state index contributed by atoms with van der Waals surface area (Å²) in [5, 5.41) is 0. The van der Waals surface area contributed by atoms with Gasteiger partial charge in [0.25, 0.3) is 0 Å². The highest BCUT2D eigenvalue weighted by Crippen LogP contribution is 2.04.